The standard InChI is InChI=1S/C19H21N3O11S2/c23-16(24)10-22-19(27)15(35(31,32)33)9-21-18(26)14(34(28,29)30)8-20-17(25)13-6-5-11-3-1-2-4-12(11)7-13/h1-7,14-15H,8-10H2,(H,20,25)(H,21,26)(H,22,27)(H,23,24)(H,28,29,30)(H,31,32,33). The average molecular weight is 532 g/mol. The molecule has 3 amide bonds. The predicted octanol–water partition coefficient (Wildman–Crippen LogP) is -1.60. The second kappa shape index (κ2) is 11.2. The van der Waals surface area contributed by atoms with E-state index in [4.69, 9.17) is 5.11 Å². The van der Waals surface area contributed by atoms with Gasteiger partial charge in [0.15, 0.2) is 10.5 Å². The van der Waals surface area contributed by atoms with E-state index < -0.39 is 74.1 Å². The summed E-state index contributed by atoms with van der Waals surface area (Å²) >= 11 is 0. The normalized spacial score (nSPS) is 13.4. The molecule has 2 aromatic rings. The number of hydrogen-bond acceptors (Lipinski definition) is 8. The number of fused-ring (bicyclic) bond motifs is 1. The topological polar surface area (TPSA) is 233 Å². The minimum atomic E-state index is -5.15. The number of carboxylic acid groups (broad SMARTS) is 1. The van der Waals surface area contributed by atoms with Gasteiger partial charge in [0.25, 0.3) is 26.1 Å². The molecular formula is C19H21N3O11S2. The maximum Gasteiger partial charge on any atom is 0.322 e. The van der Waals surface area contributed by atoms with E-state index in [9.17, 15) is 45.1 Å². The first-order valence-corrected chi connectivity index (χ1v) is 12.7. The van der Waals surface area contributed by atoms with E-state index in [1.54, 1.807) is 41.0 Å². The quantitative estimate of drug-likeness (QED) is 0.181. The average Bonchev–Trinajstić information content (AvgIpc) is 2.75. The fourth-order valence-corrected chi connectivity index (χ4v) is 4.16. The summed E-state index contributed by atoms with van der Waals surface area (Å²) in [6.45, 7) is -3.07. The van der Waals surface area contributed by atoms with Crippen molar-refractivity contribution in [3.05, 3.63) is 48.0 Å². The maximum atomic E-state index is 12.4. The molecule has 2 rings (SSSR count). The highest BCUT2D eigenvalue weighted by Crippen LogP contribution is 2.15. The lowest BCUT2D eigenvalue weighted by Gasteiger charge is -2.18. The molecule has 0 saturated heterocycles. The minimum absolute atomic E-state index is 0.125. The predicted molar refractivity (Wildman–Crippen MR) is 121 cm³/mol. The van der Waals surface area contributed by atoms with E-state index in [0.717, 1.165) is 5.39 Å². The van der Waals surface area contributed by atoms with E-state index in [0.29, 0.717) is 5.39 Å². The van der Waals surface area contributed by atoms with Crippen molar-refractivity contribution in [3.63, 3.8) is 0 Å². The lowest BCUT2D eigenvalue weighted by Crippen LogP contribution is -2.52. The molecule has 190 valence electrons. The Hall–Kier alpha value is -3.60. The molecular weight excluding hydrogens is 510 g/mol. The molecule has 0 aliphatic heterocycles. The van der Waals surface area contributed by atoms with Crippen LogP contribution in [-0.2, 0) is 34.6 Å². The Kier molecular flexibility index (Phi) is 8.86. The molecule has 0 aliphatic rings. The van der Waals surface area contributed by atoms with Crippen LogP contribution in [0.4, 0.5) is 0 Å². The van der Waals surface area contributed by atoms with Gasteiger partial charge in [-0.05, 0) is 22.9 Å². The van der Waals surface area contributed by atoms with Gasteiger partial charge in [0.1, 0.15) is 6.54 Å². The molecule has 0 fully saturated rings. The first-order chi connectivity index (χ1) is 16.2. The van der Waals surface area contributed by atoms with Gasteiger partial charge in [0, 0.05) is 18.7 Å². The second-order valence-electron chi connectivity index (χ2n) is 7.14. The number of carboxylic acids is 1. The molecule has 0 radical (unpaired) electrons. The van der Waals surface area contributed by atoms with E-state index in [1.807, 2.05) is 0 Å². The molecule has 6 N–H and O–H groups in total. The Bertz CT molecular complexity index is 1360. The van der Waals surface area contributed by atoms with Crippen LogP contribution in [0.25, 0.3) is 10.8 Å². The Morgan fingerprint density at radius 2 is 1.26 bits per heavy atom. The summed E-state index contributed by atoms with van der Waals surface area (Å²) in [4.78, 5) is 47.1. The fourth-order valence-electron chi connectivity index (χ4n) is 2.87. The lowest BCUT2D eigenvalue weighted by molar-refractivity contribution is -0.138. The third-order valence-corrected chi connectivity index (χ3v) is 6.84. The number of amides is 3. The van der Waals surface area contributed by atoms with Crippen LogP contribution in [0.15, 0.2) is 42.5 Å². The van der Waals surface area contributed by atoms with Crippen LogP contribution in [-0.4, -0.2) is 84.9 Å². The van der Waals surface area contributed by atoms with Gasteiger partial charge in [-0.2, -0.15) is 16.8 Å². The summed E-state index contributed by atoms with van der Waals surface area (Å²) in [5.41, 5.74) is 0.125. The zero-order valence-corrected chi connectivity index (χ0v) is 19.4. The lowest BCUT2D eigenvalue weighted by atomic mass is 10.1. The number of carbonyl (C=O) groups excluding carboxylic acids is 3. The molecule has 2 unspecified atom stereocenters. The Labute approximate surface area is 199 Å². The molecule has 0 saturated carbocycles. The van der Waals surface area contributed by atoms with Gasteiger partial charge in [-0.3, -0.25) is 28.3 Å². The van der Waals surface area contributed by atoms with Gasteiger partial charge in [-0.25, -0.2) is 0 Å². The molecule has 14 nitrogen and oxygen atoms in total. The van der Waals surface area contributed by atoms with E-state index in [2.05, 4.69) is 5.32 Å². The number of benzene rings is 2. The van der Waals surface area contributed by atoms with Crippen molar-refractivity contribution in [2.75, 3.05) is 19.6 Å². The highest BCUT2D eigenvalue weighted by atomic mass is 32.2. The summed E-state index contributed by atoms with van der Waals surface area (Å²) in [5, 5.41) is 11.1. The van der Waals surface area contributed by atoms with Crippen LogP contribution in [0.1, 0.15) is 10.4 Å². The molecule has 35 heavy (non-hydrogen) atoms. The summed E-state index contributed by atoms with van der Waals surface area (Å²) < 4.78 is 64.8. The van der Waals surface area contributed by atoms with Gasteiger partial charge in [-0.1, -0.05) is 30.3 Å². The number of hydrogen-bond donors (Lipinski definition) is 6. The van der Waals surface area contributed by atoms with E-state index in [-0.39, 0.29) is 5.56 Å². The molecule has 0 heterocycles. The highest BCUT2D eigenvalue weighted by Gasteiger charge is 2.36. The highest BCUT2D eigenvalue weighted by molar-refractivity contribution is 7.87. The fraction of sp³-hybridized carbons (Fsp3) is 0.263. The Morgan fingerprint density at radius 1 is 0.743 bits per heavy atom. The molecule has 2 aromatic carbocycles. The van der Waals surface area contributed by atoms with Crippen LogP contribution < -0.4 is 16.0 Å². The summed E-state index contributed by atoms with van der Waals surface area (Å²) in [6.07, 6.45) is 0. The molecule has 0 aliphatic carbocycles. The van der Waals surface area contributed by atoms with Crippen molar-refractivity contribution >= 4 is 54.7 Å². The van der Waals surface area contributed by atoms with Crippen molar-refractivity contribution in [1.29, 1.82) is 0 Å². The molecule has 0 bridgehead atoms. The van der Waals surface area contributed by atoms with Crippen molar-refractivity contribution in [1.82, 2.24) is 16.0 Å². The number of nitrogens with one attached hydrogen (secondary N) is 3. The smallest absolute Gasteiger partial charge is 0.322 e. The SMILES string of the molecule is O=C(O)CNC(=O)C(CNC(=O)C(CNC(=O)c1ccc2ccccc2c1)S(=O)(=O)O)S(=O)(=O)O. The molecule has 0 spiro atoms. The zero-order chi connectivity index (χ0) is 26.4. The van der Waals surface area contributed by atoms with E-state index >= 15 is 0 Å². The number of aliphatic carboxylic acids is 1. The van der Waals surface area contributed by atoms with Crippen LogP contribution in [0.2, 0.25) is 0 Å². The largest absolute Gasteiger partial charge is 0.480 e. The Morgan fingerprint density at radius 3 is 1.80 bits per heavy atom. The van der Waals surface area contributed by atoms with Crippen molar-refractivity contribution < 1.29 is 50.2 Å². The summed E-state index contributed by atoms with van der Waals surface area (Å²) in [6, 6.07) is 11.7. The summed E-state index contributed by atoms with van der Waals surface area (Å²) in [7, 11) is -10.3. The van der Waals surface area contributed by atoms with Crippen molar-refractivity contribution in [3.8, 4) is 0 Å². The number of carbonyl (C=O) groups is 4. The monoisotopic (exact) mass is 531 g/mol. The maximum absolute atomic E-state index is 12.4. The van der Waals surface area contributed by atoms with Gasteiger partial charge in [0.05, 0.1) is 0 Å². The molecule has 16 heteroatoms. The van der Waals surface area contributed by atoms with Crippen molar-refractivity contribution in [2.24, 2.45) is 0 Å². The van der Waals surface area contributed by atoms with Crippen molar-refractivity contribution in [2.45, 2.75) is 10.5 Å². The first kappa shape index (κ1) is 27.6. The van der Waals surface area contributed by atoms with Gasteiger partial charge in [0.2, 0.25) is 11.8 Å². The van der Waals surface area contributed by atoms with Crippen LogP contribution in [0.5, 0.6) is 0 Å². The Balaban J connectivity index is 2.10. The zero-order valence-electron chi connectivity index (χ0n) is 17.7. The second-order valence-corrected chi connectivity index (χ2v) is 10.3. The third-order valence-electron chi connectivity index (χ3n) is 4.64. The first-order valence-electron chi connectivity index (χ1n) is 9.67. The van der Waals surface area contributed by atoms with Crippen LogP contribution in [0, 0.1) is 0 Å². The van der Waals surface area contributed by atoms with Crippen LogP contribution in [0.3, 0.4) is 0 Å². The molecule has 0 aromatic heterocycles. The minimum Gasteiger partial charge on any atom is -0.480 e. The molecule has 2 atom stereocenters. The summed E-state index contributed by atoms with van der Waals surface area (Å²) in [5.74, 6) is -5.28. The van der Waals surface area contributed by atoms with Gasteiger partial charge >= 0.3 is 5.97 Å². The third kappa shape index (κ3) is 7.99. The van der Waals surface area contributed by atoms with E-state index in [1.165, 1.54) is 12.1 Å². The number of rotatable bonds is 11. The van der Waals surface area contributed by atoms with Crippen LogP contribution >= 0.6 is 0 Å². The van der Waals surface area contributed by atoms with Gasteiger partial charge in [-0.15, -0.1) is 0 Å². The van der Waals surface area contributed by atoms with Gasteiger partial charge < -0.3 is 21.1 Å².